The zero-order valence-electron chi connectivity index (χ0n) is 12.4. The Kier molecular flexibility index (Phi) is 4.15. The predicted molar refractivity (Wildman–Crippen MR) is 78.3 cm³/mol. The van der Waals surface area contributed by atoms with E-state index >= 15 is 0 Å². The van der Waals surface area contributed by atoms with Crippen LogP contribution >= 0.6 is 0 Å². The molecule has 1 saturated heterocycles. The topological polar surface area (TPSA) is 117 Å². The lowest BCUT2D eigenvalue weighted by molar-refractivity contribution is -0.126. The lowest BCUT2D eigenvalue weighted by Crippen LogP contribution is -2.43. The van der Waals surface area contributed by atoms with Crippen LogP contribution in [0.1, 0.15) is 36.2 Å². The number of piperidine rings is 1. The normalized spacial score (nSPS) is 20.3. The van der Waals surface area contributed by atoms with Gasteiger partial charge in [-0.1, -0.05) is 0 Å². The summed E-state index contributed by atoms with van der Waals surface area (Å²) in [4.78, 5) is 22.8. The van der Waals surface area contributed by atoms with Gasteiger partial charge in [0.15, 0.2) is 0 Å². The Bertz CT molecular complexity index is 713. The molecule has 3 rings (SSSR count). The van der Waals surface area contributed by atoms with Crippen LogP contribution in [0.2, 0.25) is 0 Å². The first-order valence-electron chi connectivity index (χ1n) is 7.51. The summed E-state index contributed by atoms with van der Waals surface area (Å²) in [5.41, 5.74) is 0. The summed E-state index contributed by atoms with van der Waals surface area (Å²) in [5.74, 6) is -1.91. The molecule has 0 bridgehead atoms. The van der Waals surface area contributed by atoms with Crippen LogP contribution in [0.15, 0.2) is 21.6 Å². The molecule has 1 aliphatic heterocycles. The smallest absolute Gasteiger partial charge is 0.371 e. The minimum absolute atomic E-state index is 0.00397. The van der Waals surface area contributed by atoms with Gasteiger partial charge in [0, 0.05) is 25.0 Å². The average Bonchev–Trinajstić information content (AvgIpc) is 3.17. The minimum atomic E-state index is -3.86. The van der Waals surface area contributed by atoms with Crippen LogP contribution in [0.5, 0.6) is 0 Å². The van der Waals surface area contributed by atoms with Gasteiger partial charge in [-0.25, -0.2) is 13.2 Å². The third-order valence-corrected chi connectivity index (χ3v) is 5.91. The first-order chi connectivity index (χ1) is 10.9. The molecule has 2 heterocycles. The van der Waals surface area contributed by atoms with E-state index in [4.69, 9.17) is 9.52 Å². The van der Waals surface area contributed by atoms with Crippen LogP contribution in [0.4, 0.5) is 0 Å². The standard InChI is InChI=1S/C14H18N2O6S/c17-13(15-10-1-2-10)9-5-7-16(8-6-9)23(20,21)12-4-3-11(22-12)14(18)19/h3-4,9-10H,1-2,5-8H2,(H,15,17)(H,18,19). The summed E-state index contributed by atoms with van der Waals surface area (Å²) < 4.78 is 31.0. The predicted octanol–water partition coefficient (Wildman–Crippen LogP) is 0.657. The summed E-state index contributed by atoms with van der Waals surface area (Å²) in [6.07, 6.45) is 2.93. The monoisotopic (exact) mass is 342 g/mol. The average molecular weight is 342 g/mol. The molecule has 2 fully saturated rings. The number of nitrogens with one attached hydrogen (secondary N) is 1. The maximum Gasteiger partial charge on any atom is 0.371 e. The van der Waals surface area contributed by atoms with Crippen LogP contribution < -0.4 is 5.32 Å². The zero-order valence-corrected chi connectivity index (χ0v) is 13.2. The van der Waals surface area contributed by atoms with Crippen LogP contribution in [0.25, 0.3) is 0 Å². The van der Waals surface area contributed by atoms with Gasteiger partial charge in [0.05, 0.1) is 0 Å². The molecule has 9 heteroatoms. The summed E-state index contributed by atoms with van der Waals surface area (Å²) >= 11 is 0. The van der Waals surface area contributed by atoms with Crippen LogP contribution in [-0.4, -0.2) is 48.8 Å². The van der Waals surface area contributed by atoms with Crippen molar-refractivity contribution < 1.29 is 27.5 Å². The molecule has 2 aliphatic rings. The fourth-order valence-electron chi connectivity index (χ4n) is 2.61. The van der Waals surface area contributed by atoms with Crippen LogP contribution in [0, 0.1) is 5.92 Å². The molecule has 0 spiro atoms. The molecule has 23 heavy (non-hydrogen) atoms. The van der Waals surface area contributed by atoms with Crippen molar-refractivity contribution in [1.82, 2.24) is 9.62 Å². The molecule has 8 nitrogen and oxygen atoms in total. The molecule has 0 unspecified atom stereocenters. The van der Waals surface area contributed by atoms with Gasteiger partial charge in [-0.15, -0.1) is 0 Å². The largest absolute Gasteiger partial charge is 0.475 e. The number of amides is 1. The quantitative estimate of drug-likeness (QED) is 0.812. The molecular formula is C14H18N2O6S. The van der Waals surface area contributed by atoms with Crippen molar-refractivity contribution in [1.29, 1.82) is 0 Å². The minimum Gasteiger partial charge on any atom is -0.475 e. The first kappa shape index (κ1) is 16.0. The first-order valence-corrected chi connectivity index (χ1v) is 8.95. The van der Waals surface area contributed by atoms with Gasteiger partial charge in [-0.05, 0) is 37.8 Å². The summed E-state index contributed by atoms with van der Waals surface area (Å²) in [5, 5.41) is 11.4. The molecule has 0 aromatic carbocycles. The van der Waals surface area contributed by atoms with Gasteiger partial charge < -0.3 is 14.8 Å². The summed E-state index contributed by atoms with van der Waals surface area (Å²) in [7, 11) is -3.86. The number of aromatic carboxylic acids is 1. The van der Waals surface area contributed by atoms with E-state index < -0.39 is 21.8 Å². The van der Waals surface area contributed by atoms with Crippen molar-refractivity contribution in [3.63, 3.8) is 0 Å². The van der Waals surface area contributed by atoms with Crippen LogP contribution in [-0.2, 0) is 14.8 Å². The maximum atomic E-state index is 12.4. The number of nitrogens with zero attached hydrogens (tertiary/aromatic N) is 1. The second-order valence-corrected chi connectivity index (χ2v) is 7.75. The number of sulfonamides is 1. The van der Waals surface area contributed by atoms with E-state index in [0.29, 0.717) is 18.9 Å². The van der Waals surface area contributed by atoms with Crippen molar-refractivity contribution in [2.24, 2.45) is 5.92 Å². The highest BCUT2D eigenvalue weighted by atomic mass is 32.2. The molecule has 1 aromatic rings. The van der Waals surface area contributed by atoms with Crippen molar-refractivity contribution in [3.8, 4) is 0 Å². The second kappa shape index (κ2) is 5.97. The molecule has 0 atom stereocenters. The molecule has 1 aliphatic carbocycles. The Hall–Kier alpha value is -1.87. The van der Waals surface area contributed by atoms with E-state index in [2.05, 4.69) is 5.32 Å². The van der Waals surface area contributed by atoms with E-state index in [0.717, 1.165) is 25.0 Å². The summed E-state index contributed by atoms with van der Waals surface area (Å²) in [6.45, 7) is 0.433. The van der Waals surface area contributed by atoms with Gasteiger partial charge >= 0.3 is 5.97 Å². The highest BCUT2D eigenvalue weighted by molar-refractivity contribution is 7.89. The van der Waals surface area contributed by atoms with Crippen molar-refractivity contribution in [2.45, 2.75) is 36.8 Å². The number of carboxylic acids is 1. The van der Waals surface area contributed by atoms with Crippen LogP contribution in [0.3, 0.4) is 0 Å². The number of furan rings is 1. The SMILES string of the molecule is O=C(O)c1ccc(S(=O)(=O)N2CCC(C(=O)NC3CC3)CC2)o1. The molecule has 126 valence electrons. The number of carbonyl (C=O) groups is 2. The van der Waals surface area contributed by atoms with Gasteiger partial charge in [0.1, 0.15) is 0 Å². The molecule has 2 N–H and O–H groups in total. The molecule has 0 radical (unpaired) electrons. The third kappa shape index (κ3) is 3.40. The number of carbonyl (C=O) groups excluding carboxylic acids is 1. The molecule has 1 aromatic heterocycles. The van der Waals surface area contributed by atoms with E-state index in [-0.39, 0.29) is 30.0 Å². The van der Waals surface area contributed by atoms with Crippen molar-refractivity contribution in [2.75, 3.05) is 13.1 Å². The van der Waals surface area contributed by atoms with E-state index in [1.54, 1.807) is 0 Å². The maximum absolute atomic E-state index is 12.4. The van der Waals surface area contributed by atoms with Gasteiger partial charge in [0.2, 0.25) is 16.8 Å². The van der Waals surface area contributed by atoms with E-state index in [1.807, 2.05) is 0 Å². The third-order valence-electron chi connectivity index (χ3n) is 4.13. The zero-order chi connectivity index (χ0) is 16.6. The van der Waals surface area contributed by atoms with Crippen molar-refractivity contribution in [3.05, 3.63) is 17.9 Å². The Morgan fingerprint density at radius 3 is 2.35 bits per heavy atom. The van der Waals surface area contributed by atoms with E-state index in [1.165, 1.54) is 4.31 Å². The number of rotatable bonds is 5. The Balaban J connectivity index is 1.63. The highest BCUT2D eigenvalue weighted by Crippen LogP contribution is 2.26. The fourth-order valence-corrected chi connectivity index (χ4v) is 3.99. The highest BCUT2D eigenvalue weighted by Gasteiger charge is 2.35. The number of hydrogen-bond acceptors (Lipinski definition) is 5. The second-order valence-electron chi connectivity index (χ2n) is 5.89. The van der Waals surface area contributed by atoms with Gasteiger partial charge in [-0.2, -0.15) is 4.31 Å². The van der Waals surface area contributed by atoms with Crippen molar-refractivity contribution >= 4 is 21.9 Å². The van der Waals surface area contributed by atoms with Gasteiger partial charge in [0.25, 0.3) is 10.0 Å². The lowest BCUT2D eigenvalue weighted by atomic mass is 9.97. The lowest BCUT2D eigenvalue weighted by Gasteiger charge is -2.29. The Morgan fingerprint density at radius 2 is 1.83 bits per heavy atom. The molecular weight excluding hydrogens is 324 g/mol. The summed E-state index contributed by atoms with van der Waals surface area (Å²) in [6, 6.07) is 2.55. The number of carboxylic acid groups (broad SMARTS) is 1. The van der Waals surface area contributed by atoms with E-state index in [9.17, 15) is 18.0 Å². The number of hydrogen-bond donors (Lipinski definition) is 2. The Labute approximate surface area is 133 Å². The fraction of sp³-hybridized carbons (Fsp3) is 0.571. The molecule has 1 saturated carbocycles. The Morgan fingerprint density at radius 1 is 1.17 bits per heavy atom. The van der Waals surface area contributed by atoms with Gasteiger partial charge in [-0.3, -0.25) is 4.79 Å². The molecule has 1 amide bonds.